The van der Waals surface area contributed by atoms with E-state index >= 15 is 0 Å². The van der Waals surface area contributed by atoms with E-state index in [0.717, 1.165) is 31.2 Å². The molecule has 0 heterocycles. The van der Waals surface area contributed by atoms with Crippen LogP contribution in [0.3, 0.4) is 0 Å². The van der Waals surface area contributed by atoms with Crippen LogP contribution in [0.25, 0.3) is 0 Å². The number of carbonyl (C=O) groups is 2. The van der Waals surface area contributed by atoms with E-state index in [0.29, 0.717) is 17.0 Å². The summed E-state index contributed by atoms with van der Waals surface area (Å²) in [5, 5.41) is 2.86. The zero-order valence-electron chi connectivity index (χ0n) is 15.7. The molecule has 5 nitrogen and oxygen atoms in total. The van der Waals surface area contributed by atoms with Gasteiger partial charge in [0, 0.05) is 5.56 Å². The van der Waals surface area contributed by atoms with Gasteiger partial charge in [-0.05, 0) is 37.5 Å². The Morgan fingerprint density at radius 1 is 1.07 bits per heavy atom. The molecule has 1 atom stereocenters. The van der Waals surface area contributed by atoms with Crippen molar-refractivity contribution in [1.82, 2.24) is 0 Å². The van der Waals surface area contributed by atoms with E-state index in [-0.39, 0.29) is 11.9 Å². The van der Waals surface area contributed by atoms with Gasteiger partial charge in [0.25, 0.3) is 5.91 Å². The normalized spacial score (nSPS) is 15.2. The van der Waals surface area contributed by atoms with Crippen molar-refractivity contribution in [2.45, 2.75) is 38.7 Å². The van der Waals surface area contributed by atoms with Crippen molar-refractivity contribution in [2.75, 3.05) is 12.4 Å². The van der Waals surface area contributed by atoms with Gasteiger partial charge >= 0.3 is 5.97 Å². The number of anilines is 1. The maximum absolute atomic E-state index is 13.0. The average Bonchev–Trinajstić information content (AvgIpc) is 3.21. The minimum Gasteiger partial charge on any atom is -0.495 e. The van der Waals surface area contributed by atoms with Crippen LogP contribution in [0.15, 0.2) is 48.5 Å². The van der Waals surface area contributed by atoms with Crippen LogP contribution >= 0.6 is 0 Å². The number of aryl methyl sites for hydroxylation is 1. The minimum absolute atomic E-state index is 0.113. The minimum atomic E-state index is -0.996. The van der Waals surface area contributed by atoms with Crippen molar-refractivity contribution < 1.29 is 19.1 Å². The summed E-state index contributed by atoms with van der Waals surface area (Å²) >= 11 is 0. The predicted octanol–water partition coefficient (Wildman–Crippen LogP) is 4.42. The number of amides is 1. The number of nitrogens with one attached hydrogen (secondary N) is 1. The maximum Gasteiger partial charge on any atom is 0.310 e. The number of esters is 1. The Kier molecular flexibility index (Phi) is 6.12. The lowest BCUT2D eigenvalue weighted by molar-refractivity contribution is -0.158. The second kappa shape index (κ2) is 8.71. The Labute approximate surface area is 159 Å². The van der Waals surface area contributed by atoms with E-state index in [1.807, 2.05) is 37.3 Å². The molecule has 1 N–H and O–H groups in total. The number of rotatable bonds is 6. The molecule has 0 aromatic heterocycles. The van der Waals surface area contributed by atoms with E-state index in [2.05, 4.69) is 5.32 Å². The lowest BCUT2D eigenvalue weighted by Gasteiger charge is -2.21. The van der Waals surface area contributed by atoms with Crippen LogP contribution in [-0.2, 0) is 14.3 Å². The van der Waals surface area contributed by atoms with E-state index < -0.39 is 12.0 Å². The number of ether oxygens (including phenoxy) is 2. The van der Waals surface area contributed by atoms with Gasteiger partial charge in [-0.3, -0.25) is 9.59 Å². The van der Waals surface area contributed by atoms with E-state index in [9.17, 15) is 9.59 Å². The highest BCUT2D eigenvalue weighted by Crippen LogP contribution is 2.30. The van der Waals surface area contributed by atoms with Crippen LogP contribution in [0, 0.1) is 12.8 Å². The first-order valence-electron chi connectivity index (χ1n) is 9.29. The van der Waals surface area contributed by atoms with Gasteiger partial charge in [-0.25, -0.2) is 0 Å². The van der Waals surface area contributed by atoms with Gasteiger partial charge < -0.3 is 14.8 Å². The molecule has 1 amide bonds. The Morgan fingerprint density at radius 2 is 1.78 bits per heavy atom. The molecule has 0 aliphatic heterocycles. The van der Waals surface area contributed by atoms with Gasteiger partial charge in [0.2, 0.25) is 6.10 Å². The summed E-state index contributed by atoms with van der Waals surface area (Å²) in [4.78, 5) is 25.5. The van der Waals surface area contributed by atoms with Gasteiger partial charge in [-0.2, -0.15) is 0 Å². The summed E-state index contributed by atoms with van der Waals surface area (Å²) in [6.07, 6.45) is 2.72. The number of benzene rings is 2. The Morgan fingerprint density at radius 3 is 2.44 bits per heavy atom. The molecule has 2 aromatic rings. The van der Waals surface area contributed by atoms with Crippen molar-refractivity contribution in [2.24, 2.45) is 5.92 Å². The molecule has 1 aliphatic carbocycles. The molecule has 142 valence electrons. The van der Waals surface area contributed by atoms with Gasteiger partial charge in [0.15, 0.2) is 0 Å². The van der Waals surface area contributed by atoms with Crippen LogP contribution < -0.4 is 10.1 Å². The molecule has 0 radical (unpaired) electrons. The summed E-state index contributed by atoms with van der Waals surface area (Å²) in [5.74, 6) is -0.246. The van der Waals surface area contributed by atoms with Crippen molar-refractivity contribution in [3.8, 4) is 5.75 Å². The Balaban J connectivity index is 1.82. The van der Waals surface area contributed by atoms with Crippen molar-refractivity contribution >= 4 is 17.6 Å². The third-order valence-electron chi connectivity index (χ3n) is 4.88. The van der Waals surface area contributed by atoms with Crippen molar-refractivity contribution in [3.63, 3.8) is 0 Å². The zero-order valence-corrected chi connectivity index (χ0v) is 15.7. The number of methoxy groups -OCH3 is 1. The highest BCUT2D eigenvalue weighted by molar-refractivity contribution is 5.97. The number of hydrogen-bond donors (Lipinski definition) is 1. The monoisotopic (exact) mass is 367 g/mol. The summed E-state index contributed by atoms with van der Waals surface area (Å²) in [7, 11) is 1.55. The third-order valence-corrected chi connectivity index (χ3v) is 4.88. The first kappa shape index (κ1) is 19.0. The fraction of sp³-hybridized carbons (Fsp3) is 0.364. The van der Waals surface area contributed by atoms with Gasteiger partial charge in [0.05, 0.1) is 18.7 Å². The average molecular weight is 367 g/mol. The third kappa shape index (κ3) is 4.67. The topological polar surface area (TPSA) is 64.6 Å². The summed E-state index contributed by atoms with van der Waals surface area (Å²) in [6.45, 7) is 1.93. The van der Waals surface area contributed by atoms with Crippen LogP contribution in [0.1, 0.15) is 42.9 Å². The van der Waals surface area contributed by atoms with E-state index in [1.165, 1.54) is 0 Å². The summed E-state index contributed by atoms with van der Waals surface area (Å²) in [5.41, 5.74) is 2.19. The predicted molar refractivity (Wildman–Crippen MR) is 104 cm³/mol. The highest BCUT2D eigenvalue weighted by atomic mass is 16.5. The summed E-state index contributed by atoms with van der Waals surface area (Å²) < 4.78 is 11.0. The second-order valence-corrected chi connectivity index (χ2v) is 6.90. The van der Waals surface area contributed by atoms with E-state index in [4.69, 9.17) is 9.47 Å². The highest BCUT2D eigenvalue weighted by Gasteiger charge is 2.31. The molecule has 0 unspecified atom stereocenters. The van der Waals surface area contributed by atoms with Gasteiger partial charge in [-0.1, -0.05) is 49.2 Å². The smallest absolute Gasteiger partial charge is 0.310 e. The molecule has 5 heteroatoms. The quantitative estimate of drug-likeness (QED) is 0.768. The lowest BCUT2D eigenvalue weighted by atomic mass is 10.1. The number of hydrogen-bond acceptors (Lipinski definition) is 4. The number of carbonyl (C=O) groups excluding carboxylic acids is 2. The van der Waals surface area contributed by atoms with Crippen LogP contribution in [0.4, 0.5) is 5.69 Å². The first-order valence-corrected chi connectivity index (χ1v) is 9.29. The zero-order chi connectivity index (χ0) is 19.2. The Bertz CT molecular complexity index is 797. The van der Waals surface area contributed by atoms with Crippen LogP contribution in [0.2, 0.25) is 0 Å². The molecule has 1 aliphatic rings. The molecule has 0 spiro atoms. The fourth-order valence-electron chi connectivity index (χ4n) is 3.39. The second-order valence-electron chi connectivity index (χ2n) is 6.90. The molecule has 27 heavy (non-hydrogen) atoms. The molecular weight excluding hydrogens is 342 g/mol. The molecule has 1 fully saturated rings. The molecule has 3 rings (SSSR count). The largest absolute Gasteiger partial charge is 0.495 e. The molecule has 0 bridgehead atoms. The van der Waals surface area contributed by atoms with Crippen LogP contribution in [-0.4, -0.2) is 19.0 Å². The first-order chi connectivity index (χ1) is 13.1. The molecule has 0 saturated heterocycles. The Hall–Kier alpha value is -2.82. The fourth-order valence-corrected chi connectivity index (χ4v) is 3.39. The molecular formula is C22H25NO4. The van der Waals surface area contributed by atoms with Gasteiger partial charge in [0.1, 0.15) is 5.75 Å². The van der Waals surface area contributed by atoms with Gasteiger partial charge in [-0.15, -0.1) is 0 Å². The molecule has 2 aromatic carbocycles. The van der Waals surface area contributed by atoms with Crippen LogP contribution in [0.5, 0.6) is 5.75 Å². The maximum atomic E-state index is 13.0. The van der Waals surface area contributed by atoms with Crippen molar-refractivity contribution in [3.05, 3.63) is 59.7 Å². The molecule has 1 saturated carbocycles. The van der Waals surface area contributed by atoms with Crippen molar-refractivity contribution in [1.29, 1.82) is 0 Å². The SMILES string of the molecule is COc1ccc(C)cc1NC(=O)[C@@H](OC(=O)C1CCCC1)c1ccccc1. The standard InChI is InChI=1S/C22H25NO4/c1-15-12-13-19(26-2)18(14-15)23-21(24)20(16-8-4-3-5-9-16)27-22(25)17-10-6-7-11-17/h3-5,8-9,12-14,17,20H,6-7,10-11H2,1-2H3,(H,23,24)/t20-/m0/s1. The van der Waals surface area contributed by atoms with E-state index in [1.54, 1.807) is 25.3 Å². The summed E-state index contributed by atoms with van der Waals surface area (Å²) in [6, 6.07) is 14.6. The lowest BCUT2D eigenvalue weighted by Crippen LogP contribution is -2.28.